The van der Waals surface area contributed by atoms with Crippen molar-refractivity contribution in [1.29, 1.82) is 0 Å². The lowest BCUT2D eigenvalue weighted by Crippen LogP contribution is -2.42. The minimum Gasteiger partial charge on any atom is -0.334 e. The van der Waals surface area contributed by atoms with E-state index in [1.54, 1.807) is 11.0 Å². The maximum absolute atomic E-state index is 13.5. The van der Waals surface area contributed by atoms with Crippen molar-refractivity contribution in [3.05, 3.63) is 34.6 Å². The van der Waals surface area contributed by atoms with Crippen LogP contribution in [0.2, 0.25) is 5.02 Å². The van der Waals surface area contributed by atoms with E-state index in [-0.39, 0.29) is 17.0 Å². The first kappa shape index (κ1) is 15.6. The highest BCUT2D eigenvalue weighted by atomic mass is 35.5. The molecule has 1 aliphatic rings. The minimum atomic E-state index is -0.563. The molecule has 1 saturated carbocycles. The predicted octanol–water partition coefficient (Wildman–Crippen LogP) is 4.49. The number of alkyl halides is 1. The molecule has 5 heteroatoms. The Morgan fingerprint density at radius 2 is 2.00 bits per heavy atom. The van der Waals surface area contributed by atoms with Gasteiger partial charge in [0, 0.05) is 24.0 Å². The second-order valence-electron chi connectivity index (χ2n) is 5.11. The Kier molecular flexibility index (Phi) is 5.67. The molecule has 1 aromatic carbocycles. The van der Waals surface area contributed by atoms with Crippen molar-refractivity contribution in [2.75, 3.05) is 12.4 Å². The van der Waals surface area contributed by atoms with Crippen LogP contribution in [0.5, 0.6) is 0 Å². The Balaban J connectivity index is 2.18. The molecule has 1 aromatic rings. The van der Waals surface area contributed by atoms with Crippen LogP contribution in [0, 0.1) is 5.82 Å². The fraction of sp³-hybridized carbons (Fsp3) is 0.533. The third kappa shape index (κ3) is 3.64. The summed E-state index contributed by atoms with van der Waals surface area (Å²) in [6, 6.07) is 4.41. The van der Waals surface area contributed by atoms with Gasteiger partial charge in [-0.3, -0.25) is 4.79 Å². The summed E-state index contributed by atoms with van der Waals surface area (Å²) in [7, 11) is 0. The molecule has 1 aliphatic carbocycles. The Hall–Kier alpha value is -0.800. The molecular weight excluding hydrogens is 300 g/mol. The van der Waals surface area contributed by atoms with Gasteiger partial charge < -0.3 is 4.90 Å². The van der Waals surface area contributed by atoms with Gasteiger partial charge in [-0.1, -0.05) is 30.9 Å². The second-order valence-corrected chi connectivity index (χ2v) is 5.89. The summed E-state index contributed by atoms with van der Waals surface area (Å²) in [5.74, 6) is -0.335. The van der Waals surface area contributed by atoms with E-state index < -0.39 is 5.82 Å². The SMILES string of the molecule is O=C(c1ccc(Cl)c(F)c1)N(CCCl)C1CCCCC1. The number of carbonyl (C=O) groups excluding carboxylic acids is 1. The number of hydrogen-bond acceptors (Lipinski definition) is 1. The van der Waals surface area contributed by atoms with Gasteiger partial charge in [0.1, 0.15) is 5.82 Å². The molecule has 1 amide bonds. The molecule has 0 N–H and O–H groups in total. The summed E-state index contributed by atoms with van der Waals surface area (Å²) in [6.07, 6.45) is 5.48. The zero-order valence-electron chi connectivity index (χ0n) is 11.2. The monoisotopic (exact) mass is 317 g/mol. The average Bonchev–Trinajstić information content (AvgIpc) is 2.48. The lowest BCUT2D eigenvalue weighted by atomic mass is 9.93. The molecule has 0 saturated heterocycles. The number of hydrogen-bond donors (Lipinski definition) is 0. The van der Waals surface area contributed by atoms with Gasteiger partial charge in [0.15, 0.2) is 0 Å². The van der Waals surface area contributed by atoms with Crippen LogP contribution in [0.3, 0.4) is 0 Å². The van der Waals surface area contributed by atoms with Crippen LogP contribution in [0.25, 0.3) is 0 Å². The molecule has 110 valence electrons. The Labute approximate surface area is 128 Å². The smallest absolute Gasteiger partial charge is 0.254 e. The van der Waals surface area contributed by atoms with Gasteiger partial charge >= 0.3 is 0 Å². The van der Waals surface area contributed by atoms with Crippen LogP contribution < -0.4 is 0 Å². The van der Waals surface area contributed by atoms with E-state index in [0.29, 0.717) is 18.0 Å². The summed E-state index contributed by atoms with van der Waals surface area (Å²) in [6.45, 7) is 0.495. The van der Waals surface area contributed by atoms with Crippen LogP contribution in [0.15, 0.2) is 18.2 Å². The topological polar surface area (TPSA) is 20.3 Å². The summed E-state index contributed by atoms with van der Waals surface area (Å²) < 4.78 is 13.5. The molecule has 0 atom stereocenters. The summed E-state index contributed by atoms with van der Waals surface area (Å²) in [5, 5.41) is 0.0307. The van der Waals surface area contributed by atoms with Crippen LogP contribution in [-0.2, 0) is 0 Å². The molecule has 0 aliphatic heterocycles. The molecule has 20 heavy (non-hydrogen) atoms. The van der Waals surface area contributed by atoms with Crippen molar-refractivity contribution >= 4 is 29.1 Å². The summed E-state index contributed by atoms with van der Waals surface area (Å²) >= 11 is 11.5. The van der Waals surface area contributed by atoms with Crippen molar-refractivity contribution < 1.29 is 9.18 Å². The van der Waals surface area contributed by atoms with Gasteiger partial charge in [0.05, 0.1) is 5.02 Å². The van der Waals surface area contributed by atoms with E-state index in [1.165, 1.54) is 18.6 Å². The highest BCUT2D eigenvalue weighted by Gasteiger charge is 2.26. The van der Waals surface area contributed by atoms with Gasteiger partial charge in [0.2, 0.25) is 0 Å². The lowest BCUT2D eigenvalue weighted by Gasteiger charge is -2.34. The van der Waals surface area contributed by atoms with Crippen LogP contribution in [-0.4, -0.2) is 29.3 Å². The molecule has 2 rings (SSSR count). The molecule has 0 unspecified atom stereocenters. The number of halogens is 3. The van der Waals surface area contributed by atoms with Crippen molar-refractivity contribution in [3.63, 3.8) is 0 Å². The van der Waals surface area contributed by atoms with E-state index in [4.69, 9.17) is 23.2 Å². The highest BCUT2D eigenvalue weighted by molar-refractivity contribution is 6.30. The standard InChI is InChI=1S/C15H18Cl2FNO/c16-8-9-19(12-4-2-1-3-5-12)15(20)11-6-7-13(17)14(18)10-11/h6-7,10,12H,1-5,8-9H2. The fourth-order valence-corrected chi connectivity index (χ4v) is 3.03. The number of carbonyl (C=O) groups is 1. The lowest BCUT2D eigenvalue weighted by molar-refractivity contribution is 0.0649. The van der Waals surface area contributed by atoms with E-state index in [0.717, 1.165) is 25.7 Å². The van der Waals surface area contributed by atoms with Gasteiger partial charge in [0.25, 0.3) is 5.91 Å². The first-order valence-electron chi connectivity index (χ1n) is 6.95. The van der Waals surface area contributed by atoms with Gasteiger partial charge in [-0.05, 0) is 31.0 Å². The molecule has 0 bridgehead atoms. The zero-order valence-corrected chi connectivity index (χ0v) is 12.8. The first-order chi connectivity index (χ1) is 9.63. The Bertz CT molecular complexity index is 475. The summed E-state index contributed by atoms with van der Waals surface area (Å²) in [5.41, 5.74) is 0.336. The molecule has 0 radical (unpaired) electrons. The van der Waals surface area contributed by atoms with Gasteiger partial charge in [-0.25, -0.2) is 4.39 Å². The van der Waals surface area contributed by atoms with E-state index in [9.17, 15) is 9.18 Å². The molecular formula is C15H18Cl2FNO. The van der Waals surface area contributed by atoms with Gasteiger partial charge in [-0.15, -0.1) is 11.6 Å². The summed E-state index contributed by atoms with van der Waals surface area (Å²) in [4.78, 5) is 14.3. The average molecular weight is 318 g/mol. The van der Waals surface area contributed by atoms with Crippen molar-refractivity contribution in [2.24, 2.45) is 0 Å². The molecule has 0 spiro atoms. The Morgan fingerprint density at radius 1 is 1.30 bits per heavy atom. The van der Waals surface area contributed by atoms with E-state index >= 15 is 0 Å². The number of amides is 1. The second kappa shape index (κ2) is 7.28. The third-order valence-corrected chi connectivity index (χ3v) is 4.24. The zero-order chi connectivity index (χ0) is 14.5. The van der Waals surface area contributed by atoms with Gasteiger partial charge in [-0.2, -0.15) is 0 Å². The minimum absolute atomic E-state index is 0.0307. The number of rotatable bonds is 4. The molecule has 0 heterocycles. The van der Waals surface area contributed by atoms with E-state index in [1.807, 2.05) is 0 Å². The molecule has 2 nitrogen and oxygen atoms in total. The normalized spacial score (nSPS) is 16.1. The third-order valence-electron chi connectivity index (χ3n) is 3.77. The van der Waals surface area contributed by atoms with Crippen LogP contribution >= 0.6 is 23.2 Å². The number of nitrogens with zero attached hydrogens (tertiary/aromatic N) is 1. The van der Waals surface area contributed by atoms with Crippen molar-refractivity contribution in [3.8, 4) is 0 Å². The maximum Gasteiger partial charge on any atom is 0.254 e. The van der Waals surface area contributed by atoms with Crippen LogP contribution in [0.1, 0.15) is 42.5 Å². The quantitative estimate of drug-likeness (QED) is 0.749. The predicted molar refractivity (Wildman–Crippen MR) is 80.0 cm³/mol. The maximum atomic E-state index is 13.5. The Morgan fingerprint density at radius 3 is 2.60 bits per heavy atom. The van der Waals surface area contributed by atoms with Crippen molar-refractivity contribution in [2.45, 2.75) is 38.1 Å². The first-order valence-corrected chi connectivity index (χ1v) is 7.86. The largest absolute Gasteiger partial charge is 0.334 e. The highest BCUT2D eigenvalue weighted by Crippen LogP contribution is 2.25. The molecule has 1 fully saturated rings. The molecule has 0 aromatic heterocycles. The van der Waals surface area contributed by atoms with Crippen LogP contribution in [0.4, 0.5) is 4.39 Å². The fourth-order valence-electron chi connectivity index (χ4n) is 2.73. The number of benzene rings is 1. The van der Waals surface area contributed by atoms with Crippen molar-refractivity contribution in [1.82, 2.24) is 4.90 Å². The van der Waals surface area contributed by atoms with E-state index in [2.05, 4.69) is 0 Å².